The summed E-state index contributed by atoms with van der Waals surface area (Å²) in [5.74, 6) is -0.501. The number of piperidine rings is 1. The molecule has 6 nitrogen and oxygen atoms in total. The number of aryl methyl sites for hydroxylation is 1. The molecule has 3 heterocycles. The lowest BCUT2D eigenvalue weighted by Crippen LogP contribution is -2.40. The van der Waals surface area contributed by atoms with E-state index in [1.807, 2.05) is 18.1 Å². The van der Waals surface area contributed by atoms with Crippen molar-refractivity contribution in [3.63, 3.8) is 0 Å². The molecule has 0 saturated carbocycles. The summed E-state index contributed by atoms with van der Waals surface area (Å²) >= 11 is 1.51. The number of aliphatic carboxylic acids is 1. The Morgan fingerprint density at radius 1 is 1.26 bits per heavy atom. The van der Waals surface area contributed by atoms with Gasteiger partial charge in [0.2, 0.25) is 0 Å². The third kappa shape index (κ3) is 4.08. The van der Waals surface area contributed by atoms with Crippen molar-refractivity contribution >= 4 is 29.2 Å². The highest BCUT2D eigenvalue weighted by Gasteiger charge is 2.31. The summed E-state index contributed by atoms with van der Waals surface area (Å²) in [4.78, 5) is 19.1. The second-order valence-electron chi connectivity index (χ2n) is 7.55. The van der Waals surface area contributed by atoms with Gasteiger partial charge in [-0.15, -0.1) is 11.8 Å². The van der Waals surface area contributed by atoms with Crippen LogP contribution in [0.25, 0.3) is 16.9 Å². The Morgan fingerprint density at radius 3 is 2.58 bits per heavy atom. The van der Waals surface area contributed by atoms with Gasteiger partial charge in [-0.1, -0.05) is 12.1 Å². The van der Waals surface area contributed by atoms with Gasteiger partial charge in [0.05, 0.1) is 27.8 Å². The van der Waals surface area contributed by atoms with Crippen LogP contribution in [0.5, 0.6) is 0 Å². The highest BCUT2D eigenvalue weighted by atomic mass is 32.2. The monoisotopic (exact) mass is 450 g/mol. The first-order valence-electron chi connectivity index (χ1n) is 9.79. The second-order valence-corrected chi connectivity index (χ2v) is 8.37. The van der Waals surface area contributed by atoms with E-state index in [9.17, 15) is 23.1 Å². The molecule has 4 rings (SSSR count). The first-order valence-corrected chi connectivity index (χ1v) is 11.0. The first kappa shape index (κ1) is 21.5. The number of hydrogen-bond donors (Lipinski definition) is 1. The van der Waals surface area contributed by atoms with Gasteiger partial charge in [0, 0.05) is 24.7 Å². The van der Waals surface area contributed by atoms with Crippen molar-refractivity contribution in [1.29, 1.82) is 0 Å². The van der Waals surface area contributed by atoms with Crippen molar-refractivity contribution < 1.29 is 23.1 Å². The number of thioether (sulfide) groups is 1. The van der Waals surface area contributed by atoms with Crippen molar-refractivity contribution in [2.24, 2.45) is 5.92 Å². The molecule has 1 unspecified atom stereocenters. The van der Waals surface area contributed by atoms with Gasteiger partial charge in [-0.05, 0) is 38.2 Å². The number of aromatic nitrogens is 3. The lowest BCUT2D eigenvalue weighted by atomic mass is 9.98. The number of alkyl halides is 3. The highest BCUT2D eigenvalue weighted by molar-refractivity contribution is 7.98. The molecule has 1 aliphatic heterocycles. The van der Waals surface area contributed by atoms with Crippen LogP contribution in [0.4, 0.5) is 19.0 Å². The summed E-state index contributed by atoms with van der Waals surface area (Å²) in [5, 5.41) is 14.1. The molecule has 0 aliphatic carbocycles. The number of benzene rings is 1. The highest BCUT2D eigenvalue weighted by Crippen LogP contribution is 2.36. The van der Waals surface area contributed by atoms with Crippen LogP contribution < -0.4 is 4.90 Å². The van der Waals surface area contributed by atoms with Crippen molar-refractivity contribution in [2.75, 3.05) is 24.2 Å². The molecule has 1 aromatic carbocycles. The average molecular weight is 450 g/mol. The number of carboxylic acid groups (broad SMARTS) is 1. The van der Waals surface area contributed by atoms with Gasteiger partial charge in [0.25, 0.3) is 0 Å². The normalized spacial score (nSPS) is 17.3. The largest absolute Gasteiger partial charge is 0.481 e. The molecule has 0 amide bonds. The number of anilines is 1. The maximum Gasteiger partial charge on any atom is 0.416 e. The van der Waals surface area contributed by atoms with Crippen LogP contribution in [0.3, 0.4) is 0 Å². The Morgan fingerprint density at radius 2 is 1.97 bits per heavy atom. The van der Waals surface area contributed by atoms with Gasteiger partial charge in [-0.3, -0.25) is 4.79 Å². The van der Waals surface area contributed by atoms with Crippen LogP contribution in [0.15, 0.2) is 35.2 Å². The van der Waals surface area contributed by atoms with Crippen LogP contribution in [0.1, 0.15) is 24.1 Å². The molecule has 164 valence electrons. The number of hydrogen-bond acceptors (Lipinski definition) is 5. The molecule has 1 atom stereocenters. The molecule has 1 N–H and O–H groups in total. The zero-order valence-electron chi connectivity index (χ0n) is 17.0. The molecule has 0 radical (unpaired) electrons. The van der Waals surface area contributed by atoms with E-state index in [0.717, 1.165) is 35.0 Å². The molecule has 1 aliphatic rings. The van der Waals surface area contributed by atoms with E-state index in [-0.39, 0.29) is 0 Å². The van der Waals surface area contributed by atoms with Crippen LogP contribution >= 0.6 is 11.8 Å². The Kier molecular flexibility index (Phi) is 5.59. The van der Waals surface area contributed by atoms with Gasteiger partial charge in [0.1, 0.15) is 5.82 Å². The Labute approximate surface area is 181 Å². The Balaban J connectivity index is 1.80. The number of nitrogens with zero attached hydrogens (tertiary/aromatic N) is 4. The summed E-state index contributed by atoms with van der Waals surface area (Å²) in [7, 11) is 0. The van der Waals surface area contributed by atoms with E-state index in [4.69, 9.17) is 0 Å². The van der Waals surface area contributed by atoms with Crippen LogP contribution in [0, 0.1) is 12.8 Å². The third-order valence-electron chi connectivity index (χ3n) is 5.49. The summed E-state index contributed by atoms with van der Waals surface area (Å²) in [6.45, 7) is 2.96. The maximum atomic E-state index is 12.9. The smallest absolute Gasteiger partial charge is 0.416 e. The molecular formula is C21H21F3N4O2S. The van der Waals surface area contributed by atoms with Crippen molar-refractivity contribution in [1.82, 2.24) is 14.6 Å². The second kappa shape index (κ2) is 8.07. The summed E-state index contributed by atoms with van der Waals surface area (Å²) in [5.41, 5.74) is 1.71. The fourth-order valence-corrected chi connectivity index (χ4v) is 4.69. The molecule has 0 bridgehead atoms. The lowest BCUT2D eigenvalue weighted by molar-refractivity contribution is -0.142. The fraction of sp³-hybridized carbons (Fsp3) is 0.381. The molecule has 2 aromatic heterocycles. The SMILES string of the molecule is CSc1c(C)nc2cc(-c3ccc(C(F)(F)F)cc3)nn2c1N1CCCC(C(=O)O)C1. The van der Waals surface area contributed by atoms with E-state index < -0.39 is 23.6 Å². The molecule has 31 heavy (non-hydrogen) atoms. The Hall–Kier alpha value is -2.75. The van der Waals surface area contributed by atoms with Gasteiger partial charge >= 0.3 is 12.1 Å². The molecule has 3 aromatic rings. The average Bonchev–Trinajstić information content (AvgIpc) is 3.15. The van der Waals surface area contributed by atoms with E-state index in [2.05, 4.69) is 10.1 Å². The van der Waals surface area contributed by atoms with Gasteiger partial charge < -0.3 is 10.0 Å². The van der Waals surface area contributed by atoms with Crippen LogP contribution in [-0.4, -0.2) is 45.0 Å². The maximum absolute atomic E-state index is 12.9. The number of carbonyl (C=O) groups is 1. The summed E-state index contributed by atoms with van der Waals surface area (Å²) in [6.07, 6.45) is -1.09. The van der Waals surface area contributed by atoms with Crippen molar-refractivity contribution in [2.45, 2.75) is 30.8 Å². The molecule has 1 fully saturated rings. The zero-order chi connectivity index (χ0) is 22.3. The van der Waals surface area contributed by atoms with E-state index in [1.165, 1.54) is 23.9 Å². The summed E-state index contributed by atoms with van der Waals surface area (Å²) < 4.78 is 40.3. The third-order valence-corrected chi connectivity index (χ3v) is 6.37. The van der Waals surface area contributed by atoms with E-state index in [1.54, 1.807) is 10.6 Å². The van der Waals surface area contributed by atoms with E-state index >= 15 is 0 Å². The van der Waals surface area contributed by atoms with Gasteiger partial charge in [0.15, 0.2) is 5.65 Å². The predicted octanol–water partition coefficient (Wildman–Crippen LogP) is 4.75. The van der Waals surface area contributed by atoms with Crippen LogP contribution in [0.2, 0.25) is 0 Å². The van der Waals surface area contributed by atoms with Gasteiger partial charge in [-0.25, -0.2) is 4.98 Å². The predicted molar refractivity (Wildman–Crippen MR) is 113 cm³/mol. The first-order chi connectivity index (χ1) is 14.7. The molecule has 0 spiro atoms. The minimum atomic E-state index is -4.40. The number of halogens is 3. The number of rotatable bonds is 4. The topological polar surface area (TPSA) is 70.7 Å². The Bertz CT molecular complexity index is 1130. The van der Waals surface area contributed by atoms with Crippen LogP contribution in [-0.2, 0) is 11.0 Å². The van der Waals surface area contributed by atoms with E-state index in [0.29, 0.717) is 36.4 Å². The minimum Gasteiger partial charge on any atom is -0.481 e. The molecule has 1 saturated heterocycles. The minimum absolute atomic E-state index is 0.372. The number of carboxylic acids is 1. The lowest BCUT2D eigenvalue weighted by Gasteiger charge is -2.33. The van der Waals surface area contributed by atoms with Crippen molar-refractivity contribution in [3.8, 4) is 11.3 Å². The standard InChI is InChI=1S/C21H21F3N4O2S/c1-12-18(31-2)19(27-9-3-4-14(11-27)20(29)30)28-17(25-12)10-16(26-28)13-5-7-15(8-6-13)21(22,23)24/h5-8,10,14H,3-4,9,11H2,1-2H3,(H,29,30). The number of fused-ring (bicyclic) bond motifs is 1. The quantitative estimate of drug-likeness (QED) is 0.579. The fourth-order valence-electron chi connectivity index (χ4n) is 3.95. The zero-order valence-corrected chi connectivity index (χ0v) is 17.8. The van der Waals surface area contributed by atoms with Gasteiger partial charge in [-0.2, -0.15) is 22.8 Å². The van der Waals surface area contributed by atoms with Crippen molar-refractivity contribution in [3.05, 3.63) is 41.6 Å². The summed E-state index contributed by atoms with van der Waals surface area (Å²) in [6, 6.07) is 6.60. The molecule has 10 heteroatoms. The molecular weight excluding hydrogens is 429 g/mol.